The van der Waals surface area contributed by atoms with Gasteiger partial charge < -0.3 is 10.6 Å². The summed E-state index contributed by atoms with van der Waals surface area (Å²) in [7, 11) is 0. The van der Waals surface area contributed by atoms with E-state index >= 15 is 0 Å². The zero-order chi connectivity index (χ0) is 17.7. The highest BCUT2D eigenvalue weighted by molar-refractivity contribution is 8.00. The van der Waals surface area contributed by atoms with E-state index in [1.165, 1.54) is 0 Å². The number of rotatable bonds is 6. The number of thioether (sulfide) groups is 1. The van der Waals surface area contributed by atoms with E-state index in [-0.39, 0.29) is 24.5 Å². The molecule has 2 heterocycles. The molecule has 4 N–H and O–H groups in total. The second-order valence-corrected chi connectivity index (χ2v) is 7.03. The van der Waals surface area contributed by atoms with Gasteiger partial charge in [0.1, 0.15) is 6.42 Å². The highest BCUT2D eigenvalue weighted by Gasteiger charge is 2.42. The second-order valence-electron chi connectivity index (χ2n) is 5.76. The third kappa shape index (κ3) is 5.77. The normalized spacial score (nSPS) is 25.6. The fourth-order valence-corrected chi connectivity index (χ4v) is 4.25. The summed E-state index contributed by atoms with van der Waals surface area (Å²) in [4.78, 5) is 33.6. The van der Waals surface area contributed by atoms with E-state index in [0.717, 1.165) is 18.6 Å². The molecule has 2 rings (SSSR count). The van der Waals surface area contributed by atoms with Gasteiger partial charge in [0.2, 0.25) is 11.8 Å². The molecule has 2 aliphatic rings. The minimum Gasteiger partial charge on any atom is -0.332 e. The smallest absolute Gasteiger partial charge is 0.332 e. The van der Waals surface area contributed by atoms with Crippen LogP contribution < -0.4 is 21.5 Å². The van der Waals surface area contributed by atoms with Gasteiger partial charge in [-0.15, -0.1) is 0 Å². The van der Waals surface area contributed by atoms with E-state index < -0.39 is 24.4 Å². The van der Waals surface area contributed by atoms with Gasteiger partial charge in [-0.05, 0) is 12.8 Å². The predicted molar refractivity (Wildman–Crippen MR) is 80.9 cm³/mol. The van der Waals surface area contributed by atoms with E-state index in [0.29, 0.717) is 11.7 Å². The van der Waals surface area contributed by atoms with Crippen LogP contribution in [0.15, 0.2) is 0 Å². The molecule has 0 aromatic heterocycles. The number of unbranched alkanes of at least 4 members (excludes halogenated alkanes) is 1. The van der Waals surface area contributed by atoms with Crippen molar-refractivity contribution in [2.24, 2.45) is 0 Å². The first-order valence-corrected chi connectivity index (χ1v) is 8.62. The van der Waals surface area contributed by atoms with Gasteiger partial charge in [0.15, 0.2) is 0 Å². The van der Waals surface area contributed by atoms with Gasteiger partial charge in [0.25, 0.3) is 0 Å². The van der Waals surface area contributed by atoms with Gasteiger partial charge in [0.05, 0.1) is 12.1 Å². The van der Waals surface area contributed by atoms with Crippen LogP contribution in [0, 0.1) is 0 Å². The highest BCUT2D eigenvalue weighted by Crippen LogP contribution is 2.33. The largest absolute Gasteiger partial charge is 0.397 e. The number of amides is 4. The molecule has 2 saturated heterocycles. The molecule has 0 saturated carbocycles. The van der Waals surface area contributed by atoms with E-state index in [2.05, 4.69) is 10.6 Å². The fraction of sp³-hybridized carbons (Fsp3) is 0.769. The quantitative estimate of drug-likeness (QED) is 0.317. The van der Waals surface area contributed by atoms with Crippen LogP contribution in [0.1, 0.15) is 32.1 Å². The number of hydrogen-bond acceptors (Lipinski definition) is 4. The lowest BCUT2D eigenvalue weighted by molar-refractivity contribution is -0.155. The highest BCUT2D eigenvalue weighted by atomic mass is 32.2. The van der Waals surface area contributed by atoms with E-state index in [4.69, 9.17) is 0 Å². The fourth-order valence-electron chi connectivity index (χ4n) is 2.70. The summed E-state index contributed by atoms with van der Waals surface area (Å²) in [5, 5.41) is 6.01. The Morgan fingerprint density at radius 3 is 2.58 bits per heavy atom. The minimum absolute atomic E-state index is 0.109. The lowest BCUT2D eigenvalue weighted by atomic mass is 10.0. The number of urea groups is 1. The van der Waals surface area contributed by atoms with Gasteiger partial charge in [-0.3, -0.25) is 20.4 Å². The monoisotopic (exact) mass is 368 g/mol. The van der Waals surface area contributed by atoms with Crippen molar-refractivity contribution in [3.8, 4) is 0 Å². The van der Waals surface area contributed by atoms with Crippen LogP contribution >= 0.6 is 11.8 Å². The summed E-state index contributed by atoms with van der Waals surface area (Å²) < 4.78 is 35.8. The molecule has 136 valence electrons. The Morgan fingerprint density at radius 2 is 1.88 bits per heavy atom. The molecule has 0 aliphatic carbocycles. The number of hydrogen-bond donors (Lipinski definition) is 4. The zero-order valence-electron chi connectivity index (χ0n) is 12.7. The molecule has 11 heteroatoms. The van der Waals surface area contributed by atoms with E-state index in [1.54, 1.807) is 17.2 Å². The summed E-state index contributed by atoms with van der Waals surface area (Å²) in [5.74, 6) is -0.966. The van der Waals surface area contributed by atoms with E-state index in [9.17, 15) is 27.6 Å². The zero-order valence-corrected chi connectivity index (χ0v) is 13.6. The lowest BCUT2D eigenvalue weighted by Gasteiger charge is -2.16. The van der Waals surface area contributed by atoms with Crippen LogP contribution in [-0.4, -0.2) is 47.1 Å². The Labute approximate surface area is 140 Å². The van der Waals surface area contributed by atoms with Crippen molar-refractivity contribution in [3.63, 3.8) is 0 Å². The predicted octanol–water partition coefficient (Wildman–Crippen LogP) is 0.812. The topological polar surface area (TPSA) is 99.3 Å². The van der Waals surface area contributed by atoms with Crippen LogP contribution in [0.3, 0.4) is 0 Å². The minimum atomic E-state index is -4.60. The summed E-state index contributed by atoms with van der Waals surface area (Å²) in [6.07, 6.45) is -3.98. The Bertz CT molecular complexity index is 503. The van der Waals surface area contributed by atoms with Crippen LogP contribution in [0.2, 0.25) is 0 Å². The summed E-state index contributed by atoms with van der Waals surface area (Å²) >= 11 is 1.77. The SMILES string of the molecule is O=C(CCCC[C@@H]1SC[C@@H]2NC(=O)N[C@@H]21)NNC(=O)CC(F)(F)F. The van der Waals surface area contributed by atoms with Gasteiger partial charge in [-0.1, -0.05) is 6.42 Å². The van der Waals surface area contributed by atoms with Gasteiger partial charge in [-0.25, -0.2) is 4.79 Å². The summed E-state index contributed by atoms with van der Waals surface area (Å²) in [5.41, 5.74) is 3.70. The third-order valence-corrected chi connectivity index (χ3v) is 5.29. The molecule has 4 amide bonds. The van der Waals surface area contributed by atoms with Crippen molar-refractivity contribution in [1.29, 1.82) is 0 Å². The second kappa shape index (κ2) is 7.95. The number of alkyl halides is 3. The number of halogens is 3. The molecule has 0 spiro atoms. The number of hydrazine groups is 1. The van der Waals surface area contributed by atoms with Crippen molar-refractivity contribution in [2.45, 2.75) is 55.6 Å². The molecule has 2 fully saturated rings. The molecule has 0 aromatic carbocycles. The molecule has 0 aromatic rings. The molecule has 24 heavy (non-hydrogen) atoms. The molecule has 0 bridgehead atoms. The average Bonchev–Trinajstić information content (AvgIpc) is 2.99. The molecule has 2 aliphatic heterocycles. The Balaban J connectivity index is 1.55. The van der Waals surface area contributed by atoms with Gasteiger partial charge in [-0.2, -0.15) is 24.9 Å². The van der Waals surface area contributed by atoms with Crippen LogP contribution in [0.5, 0.6) is 0 Å². The maximum absolute atomic E-state index is 11.9. The average molecular weight is 368 g/mol. The van der Waals surface area contributed by atoms with Crippen molar-refractivity contribution in [2.75, 3.05) is 5.75 Å². The molecule has 0 radical (unpaired) electrons. The van der Waals surface area contributed by atoms with Crippen LogP contribution in [0.4, 0.5) is 18.0 Å². The number of carbonyl (C=O) groups excluding carboxylic acids is 3. The molecular formula is C13H19F3N4O3S. The summed E-state index contributed by atoms with van der Waals surface area (Å²) in [6, 6.07) is 0.113. The lowest BCUT2D eigenvalue weighted by Crippen LogP contribution is -2.43. The van der Waals surface area contributed by atoms with Crippen LogP contribution in [-0.2, 0) is 9.59 Å². The molecule has 0 unspecified atom stereocenters. The Kier molecular flexibility index (Phi) is 6.19. The van der Waals surface area contributed by atoms with Crippen molar-refractivity contribution in [3.05, 3.63) is 0 Å². The summed E-state index contributed by atoms with van der Waals surface area (Å²) in [6.45, 7) is 0. The maximum atomic E-state index is 11.9. The third-order valence-electron chi connectivity index (χ3n) is 3.78. The molecular weight excluding hydrogens is 349 g/mol. The van der Waals surface area contributed by atoms with Crippen LogP contribution in [0.25, 0.3) is 0 Å². The molecule has 7 nitrogen and oxygen atoms in total. The number of nitrogens with one attached hydrogen (secondary N) is 4. The van der Waals surface area contributed by atoms with Crippen molar-refractivity contribution in [1.82, 2.24) is 21.5 Å². The maximum Gasteiger partial charge on any atom is 0.397 e. The number of fused-ring (bicyclic) bond motifs is 1. The van der Waals surface area contributed by atoms with Crippen molar-refractivity contribution < 1.29 is 27.6 Å². The van der Waals surface area contributed by atoms with Gasteiger partial charge in [0, 0.05) is 17.4 Å². The van der Waals surface area contributed by atoms with Crippen molar-refractivity contribution >= 4 is 29.6 Å². The first-order valence-electron chi connectivity index (χ1n) is 7.57. The first-order chi connectivity index (χ1) is 11.2. The Morgan fingerprint density at radius 1 is 1.17 bits per heavy atom. The molecule has 3 atom stereocenters. The van der Waals surface area contributed by atoms with E-state index in [1.807, 2.05) is 5.43 Å². The first kappa shape index (κ1) is 18.7. The van der Waals surface area contributed by atoms with Gasteiger partial charge >= 0.3 is 12.2 Å². The standard InChI is InChI=1S/C13H19F3N4O3S/c14-13(15,16)5-10(22)20-19-9(21)4-2-1-3-8-11-7(6-24-8)17-12(23)18-11/h7-8,11H,1-6H2,(H,19,21)(H,20,22)(H2,17,18,23)/t7-,8-,11-/m0/s1. The number of carbonyl (C=O) groups is 3. The Hall–Kier alpha value is -1.65.